The van der Waals surface area contributed by atoms with Gasteiger partial charge in [0, 0.05) is 5.02 Å². The molecule has 0 spiro atoms. The molecule has 1 atom stereocenters. The number of hydrogen-bond donors (Lipinski definition) is 0. The zero-order valence-corrected chi connectivity index (χ0v) is 13.7. The topological polar surface area (TPSA) is 17.8 Å². The van der Waals surface area contributed by atoms with Crippen molar-refractivity contribution in [2.45, 2.75) is 26.1 Å². The van der Waals surface area contributed by atoms with Crippen LogP contribution in [0.5, 0.6) is 0 Å². The van der Waals surface area contributed by atoms with Crippen LogP contribution in [0.1, 0.15) is 29.3 Å². The molecule has 0 bridgehead atoms. The molecule has 0 amide bonds. The highest BCUT2D eigenvalue weighted by Crippen LogP contribution is 2.31. The second-order valence-corrected chi connectivity index (χ2v) is 6.36. The number of imidazole rings is 1. The van der Waals surface area contributed by atoms with Crippen molar-refractivity contribution in [1.82, 2.24) is 9.55 Å². The molecule has 0 radical (unpaired) electrons. The van der Waals surface area contributed by atoms with Crippen LogP contribution in [-0.2, 0) is 0 Å². The van der Waals surface area contributed by atoms with Crippen LogP contribution in [-0.4, -0.2) is 9.55 Å². The van der Waals surface area contributed by atoms with Crippen molar-refractivity contribution in [3.63, 3.8) is 0 Å². The molecule has 4 heteroatoms. The lowest BCUT2D eigenvalue weighted by atomic mass is 10.1. The number of aryl methyl sites for hydroxylation is 1. The Morgan fingerprint density at radius 2 is 1.90 bits per heavy atom. The van der Waals surface area contributed by atoms with E-state index in [1.807, 2.05) is 25.1 Å². The molecular weight excluding hydrogens is 303 g/mol. The normalized spacial score (nSPS) is 12.8. The molecule has 0 N–H and O–H groups in total. The number of fused-ring (bicyclic) bond motifs is 1. The van der Waals surface area contributed by atoms with Gasteiger partial charge < -0.3 is 0 Å². The summed E-state index contributed by atoms with van der Waals surface area (Å²) in [5.41, 5.74) is 5.48. The van der Waals surface area contributed by atoms with Crippen LogP contribution in [0.25, 0.3) is 16.7 Å². The fraction of sp³-hybridized carbons (Fsp3) is 0.235. The summed E-state index contributed by atoms with van der Waals surface area (Å²) in [7, 11) is 0. The van der Waals surface area contributed by atoms with E-state index < -0.39 is 0 Å². The molecule has 0 aliphatic carbocycles. The lowest BCUT2D eigenvalue weighted by Crippen LogP contribution is -2.04. The third kappa shape index (κ3) is 2.43. The van der Waals surface area contributed by atoms with Crippen molar-refractivity contribution in [3.8, 4) is 5.69 Å². The Balaban J connectivity index is 2.39. The largest absolute Gasteiger partial charge is 0.295 e. The van der Waals surface area contributed by atoms with Crippen LogP contribution in [0.15, 0.2) is 36.4 Å². The predicted octanol–water partition coefficient (Wildman–Crippen LogP) is 5.60. The maximum atomic E-state index is 6.35. The van der Waals surface area contributed by atoms with E-state index >= 15 is 0 Å². The number of halogens is 2. The van der Waals surface area contributed by atoms with Crippen molar-refractivity contribution >= 4 is 34.2 Å². The summed E-state index contributed by atoms with van der Waals surface area (Å²) in [6.07, 6.45) is 0. The van der Waals surface area contributed by atoms with Crippen LogP contribution in [0.2, 0.25) is 5.02 Å². The van der Waals surface area contributed by atoms with E-state index in [0.717, 1.165) is 22.5 Å². The van der Waals surface area contributed by atoms with Crippen molar-refractivity contribution in [2.75, 3.05) is 0 Å². The molecular formula is C17H16Cl2N2. The summed E-state index contributed by atoms with van der Waals surface area (Å²) in [5, 5.41) is 0.498. The van der Waals surface area contributed by atoms with Gasteiger partial charge in [0.25, 0.3) is 0 Å². The van der Waals surface area contributed by atoms with Crippen molar-refractivity contribution < 1.29 is 0 Å². The van der Waals surface area contributed by atoms with Gasteiger partial charge in [0.15, 0.2) is 0 Å². The summed E-state index contributed by atoms with van der Waals surface area (Å²) in [4.78, 5) is 4.67. The smallest absolute Gasteiger partial charge is 0.132 e. The Bertz CT molecular complexity index is 819. The van der Waals surface area contributed by atoms with Gasteiger partial charge in [-0.15, -0.1) is 11.6 Å². The SMILES string of the molecule is Cc1cccc(-n2c(C(C)Cl)nc3cc(Cl)ccc32)c1C. The monoisotopic (exact) mass is 318 g/mol. The number of hydrogen-bond acceptors (Lipinski definition) is 1. The summed E-state index contributed by atoms with van der Waals surface area (Å²) in [5.74, 6) is 0.836. The highest BCUT2D eigenvalue weighted by molar-refractivity contribution is 6.31. The van der Waals surface area contributed by atoms with Gasteiger partial charge in [0.2, 0.25) is 0 Å². The lowest BCUT2D eigenvalue weighted by molar-refractivity contribution is 0.877. The van der Waals surface area contributed by atoms with E-state index in [1.165, 1.54) is 11.1 Å². The fourth-order valence-electron chi connectivity index (χ4n) is 2.57. The highest BCUT2D eigenvalue weighted by atomic mass is 35.5. The van der Waals surface area contributed by atoms with Gasteiger partial charge in [-0.2, -0.15) is 0 Å². The first-order chi connectivity index (χ1) is 9.99. The number of alkyl halides is 1. The van der Waals surface area contributed by atoms with Gasteiger partial charge in [-0.25, -0.2) is 4.98 Å². The fourth-order valence-corrected chi connectivity index (χ4v) is 2.88. The Hall–Kier alpha value is -1.51. The molecule has 2 nitrogen and oxygen atoms in total. The number of aromatic nitrogens is 2. The Morgan fingerprint density at radius 1 is 1.14 bits per heavy atom. The molecule has 0 aliphatic rings. The van der Waals surface area contributed by atoms with Crippen molar-refractivity contribution in [1.29, 1.82) is 0 Å². The van der Waals surface area contributed by atoms with Crippen LogP contribution in [0.4, 0.5) is 0 Å². The number of nitrogens with zero attached hydrogens (tertiary/aromatic N) is 2. The van der Waals surface area contributed by atoms with E-state index in [1.54, 1.807) is 0 Å². The number of rotatable bonds is 2. The second kappa shape index (κ2) is 5.36. The summed E-state index contributed by atoms with van der Waals surface area (Å²) in [6.45, 7) is 6.17. The Labute approximate surface area is 134 Å². The first kappa shape index (κ1) is 14.4. The molecule has 108 valence electrons. The summed E-state index contributed by atoms with van der Waals surface area (Å²) < 4.78 is 2.13. The quantitative estimate of drug-likeness (QED) is 0.563. The molecule has 0 saturated carbocycles. The van der Waals surface area contributed by atoms with Gasteiger partial charge in [0.05, 0.1) is 22.1 Å². The third-order valence-electron chi connectivity index (χ3n) is 3.82. The highest BCUT2D eigenvalue weighted by Gasteiger charge is 2.18. The molecule has 3 rings (SSSR count). The third-order valence-corrected chi connectivity index (χ3v) is 4.25. The predicted molar refractivity (Wildman–Crippen MR) is 89.8 cm³/mol. The first-order valence-electron chi connectivity index (χ1n) is 6.87. The van der Waals surface area contributed by atoms with Crippen molar-refractivity contribution in [2.24, 2.45) is 0 Å². The molecule has 1 unspecified atom stereocenters. The van der Waals surface area contributed by atoms with Gasteiger partial charge in [0.1, 0.15) is 5.82 Å². The number of benzene rings is 2. The molecule has 1 heterocycles. The summed E-state index contributed by atoms with van der Waals surface area (Å²) >= 11 is 12.4. The zero-order valence-electron chi connectivity index (χ0n) is 12.2. The second-order valence-electron chi connectivity index (χ2n) is 5.27. The molecule has 0 fully saturated rings. The van der Waals surface area contributed by atoms with E-state index in [9.17, 15) is 0 Å². The van der Waals surface area contributed by atoms with Gasteiger partial charge in [-0.1, -0.05) is 23.7 Å². The van der Waals surface area contributed by atoms with Crippen molar-refractivity contribution in [3.05, 3.63) is 58.4 Å². The minimum atomic E-state index is -0.184. The Morgan fingerprint density at radius 3 is 2.62 bits per heavy atom. The minimum Gasteiger partial charge on any atom is -0.295 e. The van der Waals surface area contributed by atoms with Crippen LogP contribution >= 0.6 is 23.2 Å². The zero-order chi connectivity index (χ0) is 15.1. The molecule has 2 aromatic carbocycles. The van der Waals surface area contributed by atoms with E-state index in [0.29, 0.717) is 5.02 Å². The molecule has 21 heavy (non-hydrogen) atoms. The Kier molecular flexibility index (Phi) is 3.68. The minimum absolute atomic E-state index is 0.184. The van der Waals surface area contributed by atoms with Gasteiger partial charge in [-0.05, 0) is 56.2 Å². The average Bonchev–Trinajstić information content (AvgIpc) is 2.80. The van der Waals surface area contributed by atoms with Crippen LogP contribution < -0.4 is 0 Å². The maximum Gasteiger partial charge on any atom is 0.132 e. The standard InChI is InChI=1S/C17H16Cl2N2/c1-10-5-4-6-15(11(10)2)21-16-8-7-13(19)9-14(16)20-17(21)12(3)18/h4-9,12H,1-3H3. The molecule has 3 aromatic rings. The molecule has 0 aliphatic heterocycles. The maximum absolute atomic E-state index is 6.35. The van der Waals surface area contributed by atoms with Gasteiger partial charge >= 0.3 is 0 Å². The van der Waals surface area contributed by atoms with E-state index in [2.05, 4.69) is 41.6 Å². The van der Waals surface area contributed by atoms with Gasteiger partial charge in [-0.3, -0.25) is 4.57 Å². The summed E-state index contributed by atoms with van der Waals surface area (Å²) in [6, 6.07) is 12.0. The van der Waals surface area contributed by atoms with Crippen LogP contribution in [0, 0.1) is 13.8 Å². The molecule has 1 aromatic heterocycles. The lowest BCUT2D eigenvalue weighted by Gasteiger charge is -2.14. The first-order valence-corrected chi connectivity index (χ1v) is 7.69. The average molecular weight is 319 g/mol. The van der Waals surface area contributed by atoms with E-state index in [-0.39, 0.29) is 5.38 Å². The van der Waals surface area contributed by atoms with E-state index in [4.69, 9.17) is 23.2 Å². The van der Waals surface area contributed by atoms with Crippen LogP contribution in [0.3, 0.4) is 0 Å². The molecule has 0 saturated heterocycles.